The Balaban J connectivity index is 1.32. The molecule has 2 atom stereocenters. The number of pyridine rings is 1. The predicted molar refractivity (Wildman–Crippen MR) is 119 cm³/mol. The van der Waals surface area contributed by atoms with Crippen LogP contribution in [-0.2, 0) is 13.0 Å². The summed E-state index contributed by atoms with van der Waals surface area (Å²) in [6, 6.07) is 14.2. The van der Waals surface area contributed by atoms with E-state index in [0.29, 0.717) is 26.3 Å². The van der Waals surface area contributed by atoms with E-state index in [1.54, 1.807) is 7.11 Å². The van der Waals surface area contributed by atoms with Crippen LogP contribution in [0.25, 0.3) is 10.9 Å². The van der Waals surface area contributed by atoms with E-state index >= 15 is 0 Å². The molecule has 2 aliphatic rings. The van der Waals surface area contributed by atoms with Crippen molar-refractivity contribution in [3.05, 3.63) is 59.8 Å². The minimum absolute atomic E-state index is 0.178. The van der Waals surface area contributed by atoms with Crippen LogP contribution in [0, 0.1) is 5.92 Å². The number of likely N-dealkylation sites (tertiary alicyclic amines) is 1. The lowest BCUT2D eigenvalue weighted by molar-refractivity contribution is 0.141. The molecule has 6 nitrogen and oxygen atoms in total. The van der Waals surface area contributed by atoms with Crippen molar-refractivity contribution in [2.24, 2.45) is 5.92 Å². The van der Waals surface area contributed by atoms with Crippen molar-refractivity contribution in [2.75, 3.05) is 33.4 Å². The van der Waals surface area contributed by atoms with Gasteiger partial charge in [0.1, 0.15) is 5.75 Å². The van der Waals surface area contributed by atoms with Crippen LogP contribution in [0.15, 0.2) is 48.7 Å². The number of aliphatic hydroxyl groups excluding tert-OH is 1. The van der Waals surface area contributed by atoms with Gasteiger partial charge in [-0.3, -0.25) is 9.88 Å². The van der Waals surface area contributed by atoms with Crippen molar-refractivity contribution >= 4 is 10.9 Å². The second kappa shape index (κ2) is 8.73. The molecule has 0 aliphatic carbocycles. The molecule has 0 radical (unpaired) electrons. The third-order valence-corrected chi connectivity index (χ3v) is 6.25. The highest BCUT2D eigenvalue weighted by Crippen LogP contribution is 2.37. The van der Waals surface area contributed by atoms with Gasteiger partial charge in [0.2, 0.25) is 0 Å². The monoisotopic (exact) mass is 420 g/mol. The fourth-order valence-electron chi connectivity index (χ4n) is 4.67. The van der Waals surface area contributed by atoms with Crippen LogP contribution >= 0.6 is 0 Å². The molecule has 1 saturated heterocycles. The van der Waals surface area contributed by atoms with Crippen molar-refractivity contribution in [1.82, 2.24) is 9.88 Å². The first-order valence-electron chi connectivity index (χ1n) is 10.9. The standard InChI is InChI=1S/C25H28N2O4/c1-29-23-13-25-24(30-9-4-10-31-25)12-19(23)15-27-14-18(22(28)16-27)11-17-7-8-26-21-6-3-2-5-20(17)21/h2-3,5-8,12-13,18,22,28H,4,9-11,14-16H2,1H3/t18-,22-/m1/s1. The molecule has 5 rings (SSSR count). The largest absolute Gasteiger partial charge is 0.496 e. The maximum absolute atomic E-state index is 10.8. The van der Waals surface area contributed by atoms with Gasteiger partial charge in [0.05, 0.1) is 31.9 Å². The number of methoxy groups -OCH3 is 1. The van der Waals surface area contributed by atoms with Gasteiger partial charge in [0.15, 0.2) is 11.5 Å². The van der Waals surface area contributed by atoms with Gasteiger partial charge < -0.3 is 19.3 Å². The Morgan fingerprint density at radius 1 is 1.06 bits per heavy atom. The molecule has 0 saturated carbocycles. The molecule has 3 heterocycles. The number of aliphatic hydroxyl groups is 1. The van der Waals surface area contributed by atoms with E-state index in [2.05, 4.69) is 22.0 Å². The van der Waals surface area contributed by atoms with Crippen molar-refractivity contribution in [1.29, 1.82) is 0 Å². The number of rotatable bonds is 5. The smallest absolute Gasteiger partial charge is 0.164 e. The summed E-state index contributed by atoms with van der Waals surface area (Å²) in [6.45, 7) is 3.48. The van der Waals surface area contributed by atoms with Crippen molar-refractivity contribution in [2.45, 2.75) is 25.5 Å². The molecule has 3 aromatic rings. The highest BCUT2D eigenvalue weighted by atomic mass is 16.5. The van der Waals surface area contributed by atoms with Gasteiger partial charge in [-0.15, -0.1) is 0 Å². The molecule has 1 fully saturated rings. The van der Waals surface area contributed by atoms with Gasteiger partial charge in [0, 0.05) is 55.2 Å². The molecule has 1 N–H and O–H groups in total. The summed E-state index contributed by atoms with van der Waals surface area (Å²) in [5, 5.41) is 12.0. The molecule has 0 bridgehead atoms. The van der Waals surface area contributed by atoms with Gasteiger partial charge in [-0.05, 0) is 30.2 Å². The lowest BCUT2D eigenvalue weighted by Crippen LogP contribution is -2.21. The Morgan fingerprint density at radius 3 is 2.71 bits per heavy atom. The second-order valence-corrected chi connectivity index (χ2v) is 8.37. The maximum Gasteiger partial charge on any atom is 0.164 e. The Bertz CT molecular complexity index is 1070. The number of fused-ring (bicyclic) bond motifs is 2. The fourth-order valence-corrected chi connectivity index (χ4v) is 4.67. The van der Waals surface area contributed by atoms with Gasteiger partial charge in [-0.25, -0.2) is 0 Å². The molecule has 0 unspecified atom stereocenters. The minimum Gasteiger partial charge on any atom is -0.496 e. The summed E-state index contributed by atoms with van der Waals surface area (Å²) in [5.41, 5.74) is 3.29. The number of benzene rings is 2. The topological polar surface area (TPSA) is 64.1 Å². The van der Waals surface area contributed by atoms with Crippen LogP contribution in [0.1, 0.15) is 17.5 Å². The molecule has 162 valence electrons. The van der Waals surface area contributed by atoms with E-state index in [0.717, 1.165) is 47.7 Å². The van der Waals surface area contributed by atoms with E-state index < -0.39 is 0 Å². The van der Waals surface area contributed by atoms with Gasteiger partial charge >= 0.3 is 0 Å². The lowest BCUT2D eigenvalue weighted by Gasteiger charge is -2.19. The number of β-amino-alcohol motifs (C(OH)–C–C–N with tert-alkyl or cyclic N) is 1. The number of para-hydroxylation sites is 1. The fraction of sp³-hybridized carbons (Fsp3) is 0.400. The van der Waals surface area contributed by atoms with E-state index in [1.165, 1.54) is 10.9 Å². The SMILES string of the molecule is COc1cc2c(cc1CN1C[C@@H](Cc3ccnc4ccccc34)[C@H](O)C1)OCCCO2. The lowest BCUT2D eigenvalue weighted by atomic mass is 9.94. The number of ether oxygens (including phenoxy) is 3. The van der Waals surface area contributed by atoms with Gasteiger partial charge in [-0.1, -0.05) is 18.2 Å². The van der Waals surface area contributed by atoms with Gasteiger partial charge in [-0.2, -0.15) is 0 Å². The maximum atomic E-state index is 10.8. The first kappa shape index (κ1) is 20.1. The Kier molecular flexibility index (Phi) is 5.66. The van der Waals surface area contributed by atoms with Crippen LogP contribution in [0.2, 0.25) is 0 Å². The average Bonchev–Trinajstić information content (AvgIpc) is 2.97. The Morgan fingerprint density at radius 2 is 1.87 bits per heavy atom. The summed E-state index contributed by atoms with van der Waals surface area (Å²) in [6.07, 6.45) is 3.20. The van der Waals surface area contributed by atoms with Crippen LogP contribution in [-0.4, -0.2) is 54.5 Å². The molecular formula is C25H28N2O4. The molecule has 0 amide bonds. The van der Waals surface area contributed by atoms with Crippen molar-refractivity contribution in [3.63, 3.8) is 0 Å². The van der Waals surface area contributed by atoms with Gasteiger partial charge in [0.25, 0.3) is 0 Å². The molecular weight excluding hydrogens is 392 g/mol. The molecule has 31 heavy (non-hydrogen) atoms. The van der Waals surface area contributed by atoms with E-state index in [9.17, 15) is 5.11 Å². The molecule has 6 heteroatoms. The van der Waals surface area contributed by atoms with Crippen LogP contribution < -0.4 is 14.2 Å². The average molecular weight is 421 g/mol. The van der Waals surface area contributed by atoms with Crippen molar-refractivity contribution in [3.8, 4) is 17.2 Å². The molecule has 2 aromatic carbocycles. The summed E-state index contributed by atoms with van der Waals surface area (Å²) in [5.74, 6) is 2.48. The van der Waals surface area contributed by atoms with Crippen LogP contribution in [0.5, 0.6) is 17.2 Å². The third kappa shape index (κ3) is 4.18. The van der Waals surface area contributed by atoms with E-state index in [4.69, 9.17) is 14.2 Å². The zero-order valence-corrected chi connectivity index (χ0v) is 17.8. The number of hydrogen-bond acceptors (Lipinski definition) is 6. The van der Waals surface area contributed by atoms with E-state index in [1.807, 2.05) is 36.5 Å². The zero-order chi connectivity index (χ0) is 21.2. The normalized spacial score (nSPS) is 21.2. The zero-order valence-electron chi connectivity index (χ0n) is 17.8. The predicted octanol–water partition coefficient (Wildman–Crippen LogP) is 3.44. The number of aromatic nitrogens is 1. The summed E-state index contributed by atoms with van der Waals surface area (Å²) >= 11 is 0. The Labute approximate surface area is 182 Å². The minimum atomic E-state index is -0.363. The second-order valence-electron chi connectivity index (χ2n) is 8.37. The van der Waals surface area contributed by atoms with Crippen LogP contribution in [0.4, 0.5) is 0 Å². The van der Waals surface area contributed by atoms with Crippen LogP contribution in [0.3, 0.4) is 0 Å². The summed E-state index contributed by atoms with van der Waals surface area (Å²) in [4.78, 5) is 6.75. The molecule has 0 spiro atoms. The first-order chi connectivity index (χ1) is 15.2. The van der Waals surface area contributed by atoms with E-state index in [-0.39, 0.29) is 12.0 Å². The first-order valence-corrected chi connectivity index (χ1v) is 10.9. The summed E-state index contributed by atoms with van der Waals surface area (Å²) in [7, 11) is 1.68. The third-order valence-electron chi connectivity index (χ3n) is 6.25. The quantitative estimate of drug-likeness (QED) is 0.682. The highest BCUT2D eigenvalue weighted by molar-refractivity contribution is 5.81. The van der Waals surface area contributed by atoms with Crippen molar-refractivity contribution < 1.29 is 19.3 Å². The molecule has 1 aromatic heterocycles. The summed E-state index contributed by atoms with van der Waals surface area (Å²) < 4.78 is 17.3. The highest BCUT2D eigenvalue weighted by Gasteiger charge is 2.32. The molecule has 2 aliphatic heterocycles. The number of nitrogens with zero attached hydrogens (tertiary/aromatic N) is 2. The number of hydrogen-bond donors (Lipinski definition) is 1. The Hall–Kier alpha value is -2.83.